The fourth-order valence-electron chi connectivity index (χ4n) is 0.635. The summed E-state index contributed by atoms with van der Waals surface area (Å²) in [7, 11) is 0. The van der Waals surface area contributed by atoms with Crippen LogP contribution >= 0.6 is 11.8 Å². The number of nitrogens with zero attached hydrogens (tertiary/aromatic N) is 1. The van der Waals surface area contributed by atoms with Crippen molar-refractivity contribution < 1.29 is 27.6 Å². The highest BCUT2D eigenvalue weighted by Crippen LogP contribution is 2.32. The van der Waals surface area contributed by atoms with Gasteiger partial charge in [-0.2, -0.15) is 13.2 Å². The van der Waals surface area contributed by atoms with Crippen molar-refractivity contribution in [2.45, 2.75) is 11.3 Å². The summed E-state index contributed by atoms with van der Waals surface area (Å²) in [4.78, 5) is 10.3. The average molecular weight is 227 g/mol. The smallest absolute Gasteiger partial charge is 0.442 e. The van der Waals surface area contributed by atoms with E-state index < -0.39 is 22.9 Å². The molecule has 0 atom stereocenters. The van der Waals surface area contributed by atoms with Crippen molar-refractivity contribution in [2.24, 2.45) is 0 Å². The molecular formula is C6H4F3NO3S. The lowest BCUT2D eigenvalue weighted by Crippen LogP contribution is -1.99. The van der Waals surface area contributed by atoms with Crippen molar-refractivity contribution in [1.29, 1.82) is 0 Å². The lowest BCUT2D eigenvalue weighted by Gasteiger charge is -2.01. The van der Waals surface area contributed by atoms with Gasteiger partial charge in [-0.25, -0.2) is 4.79 Å². The van der Waals surface area contributed by atoms with Gasteiger partial charge in [0.05, 0.1) is 5.75 Å². The Morgan fingerprint density at radius 2 is 2.29 bits per heavy atom. The second kappa shape index (κ2) is 3.91. The lowest BCUT2D eigenvalue weighted by molar-refractivity contribution is -0.0330. The van der Waals surface area contributed by atoms with Crippen LogP contribution in [0.1, 0.15) is 16.2 Å². The SMILES string of the molecule is O=C(O)c1cc(CSC(F)(F)F)on1. The van der Waals surface area contributed by atoms with E-state index in [1.807, 2.05) is 0 Å². The van der Waals surface area contributed by atoms with Crippen LogP contribution in [0.5, 0.6) is 0 Å². The zero-order valence-corrected chi connectivity index (χ0v) is 7.35. The maximum absolute atomic E-state index is 11.7. The van der Waals surface area contributed by atoms with Crippen molar-refractivity contribution in [3.8, 4) is 0 Å². The lowest BCUT2D eigenvalue weighted by atomic mass is 10.4. The number of carboxylic acids is 1. The molecule has 0 aromatic carbocycles. The van der Waals surface area contributed by atoms with Crippen molar-refractivity contribution in [3.05, 3.63) is 17.5 Å². The highest BCUT2D eigenvalue weighted by Gasteiger charge is 2.28. The summed E-state index contributed by atoms with van der Waals surface area (Å²) in [5, 5.41) is 11.4. The third-order valence-electron chi connectivity index (χ3n) is 1.16. The highest BCUT2D eigenvalue weighted by molar-refractivity contribution is 7.99. The normalized spacial score (nSPS) is 11.6. The molecule has 0 amide bonds. The third-order valence-corrected chi connectivity index (χ3v) is 1.91. The van der Waals surface area contributed by atoms with Crippen LogP contribution in [0, 0.1) is 0 Å². The molecular weight excluding hydrogens is 223 g/mol. The Balaban J connectivity index is 2.56. The first-order valence-electron chi connectivity index (χ1n) is 3.28. The van der Waals surface area contributed by atoms with Crippen LogP contribution in [0.2, 0.25) is 0 Å². The van der Waals surface area contributed by atoms with Gasteiger partial charge < -0.3 is 9.63 Å². The summed E-state index contributed by atoms with van der Waals surface area (Å²) < 4.78 is 39.4. The number of hydrogen-bond acceptors (Lipinski definition) is 4. The summed E-state index contributed by atoms with van der Waals surface area (Å²) >= 11 is -0.315. The van der Waals surface area contributed by atoms with E-state index in [9.17, 15) is 18.0 Å². The summed E-state index contributed by atoms with van der Waals surface area (Å²) in [5.41, 5.74) is -4.77. The second-order valence-corrected chi connectivity index (χ2v) is 3.26. The van der Waals surface area contributed by atoms with Crippen LogP contribution in [0.3, 0.4) is 0 Å². The number of hydrogen-bond donors (Lipinski definition) is 1. The third kappa shape index (κ3) is 3.29. The van der Waals surface area contributed by atoms with E-state index in [2.05, 4.69) is 9.68 Å². The van der Waals surface area contributed by atoms with Crippen molar-refractivity contribution in [2.75, 3.05) is 0 Å². The molecule has 0 fully saturated rings. The first-order valence-corrected chi connectivity index (χ1v) is 4.26. The van der Waals surface area contributed by atoms with Crippen LogP contribution in [0.25, 0.3) is 0 Å². The maximum atomic E-state index is 11.7. The molecule has 0 aliphatic heterocycles. The Hall–Kier alpha value is -1.18. The van der Waals surface area contributed by atoms with Gasteiger partial charge in [-0.3, -0.25) is 0 Å². The van der Waals surface area contributed by atoms with E-state index >= 15 is 0 Å². The maximum Gasteiger partial charge on any atom is 0.442 e. The molecule has 0 spiro atoms. The Morgan fingerprint density at radius 1 is 1.64 bits per heavy atom. The molecule has 8 heteroatoms. The zero-order chi connectivity index (χ0) is 10.8. The van der Waals surface area contributed by atoms with E-state index in [-0.39, 0.29) is 17.5 Å². The number of halogens is 3. The number of carboxylic acid groups (broad SMARTS) is 1. The molecule has 1 heterocycles. The van der Waals surface area contributed by atoms with Crippen molar-refractivity contribution in [1.82, 2.24) is 5.16 Å². The fourth-order valence-corrected chi connectivity index (χ4v) is 1.08. The van der Waals surface area contributed by atoms with Gasteiger partial charge in [0, 0.05) is 6.07 Å². The van der Waals surface area contributed by atoms with Gasteiger partial charge >= 0.3 is 11.5 Å². The van der Waals surface area contributed by atoms with Gasteiger partial charge in [0.15, 0.2) is 5.69 Å². The number of thioether (sulfide) groups is 1. The van der Waals surface area contributed by atoms with Crippen LogP contribution in [0.15, 0.2) is 10.6 Å². The second-order valence-electron chi connectivity index (χ2n) is 2.22. The zero-order valence-electron chi connectivity index (χ0n) is 6.54. The standard InChI is InChI=1S/C6H4F3NO3S/c7-6(8,9)14-2-3-1-4(5(11)12)10-13-3/h1H,2H2,(H,11,12). The average Bonchev–Trinajstić information content (AvgIpc) is 2.47. The summed E-state index contributed by atoms with van der Waals surface area (Å²) in [6, 6.07) is 0.959. The predicted molar refractivity (Wildman–Crippen MR) is 40.8 cm³/mol. The van der Waals surface area contributed by atoms with Crippen LogP contribution < -0.4 is 0 Å². The molecule has 78 valence electrons. The Kier molecular flexibility index (Phi) is 3.04. The molecule has 0 radical (unpaired) electrons. The van der Waals surface area contributed by atoms with E-state index in [4.69, 9.17) is 5.11 Å². The number of carbonyl (C=O) groups is 1. The minimum Gasteiger partial charge on any atom is -0.476 e. The first-order chi connectivity index (χ1) is 6.38. The fraction of sp³-hybridized carbons (Fsp3) is 0.333. The summed E-state index contributed by atoms with van der Waals surface area (Å²) in [6.45, 7) is 0. The molecule has 0 unspecified atom stereocenters. The minimum absolute atomic E-state index is 0.121. The molecule has 4 nitrogen and oxygen atoms in total. The van der Waals surface area contributed by atoms with E-state index in [1.165, 1.54) is 0 Å². The monoisotopic (exact) mass is 227 g/mol. The molecule has 14 heavy (non-hydrogen) atoms. The Bertz CT molecular complexity index is 335. The van der Waals surface area contributed by atoms with Crippen LogP contribution in [-0.2, 0) is 5.75 Å². The number of alkyl halides is 3. The van der Waals surface area contributed by atoms with Gasteiger partial charge in [-0.15, -0.1) is 0 Å². The predicted octanol–water partition coefficient (Wildman–Crippen LogP) is 2.13. The summed E-state index contributed by atoms with van der Waals surface area (Å²) in [6.07, 6.45) is 0. The largest absolute Gasteiger partial charge is 0.476 e. The van der Waals surface area contributed by atoms with Gasteiger partial charge in [0.1, 0.15) is 5.76 Å². The van der Waals surface area contributed by atoms with Crippen molar-refractivity contribution >= 4 is 17.7 Å². The molecule has 0 bridgehead atoms. The number of aromatic carboxylic acids is 1. The Labute approximate surface area is 80.1 Å². The van der Waals surface area contributed by atoms with Crippen LogP contribution in [-0.4, -0.2) is 21.7 Å². The molecule has 0 aliphatic carbocycles. The molecule has 0 saturated carbocycles. The molecule has 0 aliphatic rings. The molecule has 1 N–H and O–H groups in total. The number of rotatable bonds is 3. The van der Waals surface area contributed by atoms with E-state index in [0.29, 0.717) is 0 Å². The summed E-state index contributed by atoms with van der Waals surface area (Å²) in [5.74, 6) is -1.94. The quantitative estimate of drug-likeness (QED) is 0.856. The molecule has 1 rings (SSSR count). The Morgan fingerprint density at radius 3 is 2.71 bits per heavy atom. The highest BCUT2D eigenvalue weighted by atomic mass is 32.2. The van der Waals surface area contributed by atoms with Crippen LogP contribution in [0.4, 0.5) is 13.2 Å². The van der Waals surface area contributed by atoms with E-state index in [1.54, 1.807) is 0 Å². The van der Waals surface area contributed by atoms with E-state index in [0.717, 1.165) is 6.07 Å². The van der Waals surface area contributed by atoms with Crippen molar-refractivity contribution in [3.63, 3.8) is 0 Å². The van der Waals surface area contributed by atoms with Gasteiger partial charge in [0.2, 0.25) is 0 Å². The topological polar surface area (TPSA) is 63.3 Å². The number of aromatic nitrogens is 1. The van der Waals surface area contributed by atoms with Gasteiger partial charge in [-0.05, 0) is 11.8 Å². The molecule has 1 aromatic rings. The minimum atomic E-state index is -4.36. The molecule has 0 saturated heterocycles. The van der Waals surface area contributed by atoms with Gasteiger partial charge in [-0.1, -0.05) is 5.16 Å². The first kappa shape index (κ1) is 10.9. The molecule has 1 aromatic heterocycles. The van der Waals surface area contributed by atoms with Gasteiger partial charge in [0.25, 0.3) is 0 Å².